The fourth-order valence-corrected chi connectivity index (χ4v) is 4.15. The van der Waals surface area contributed by atoms with Gasteiger partial charge in [0.05, 0.1) is 12.6 Å². The Morgan fingerprint density at radius 3 is 2.37 bits per heavy atom. The van der Waals surface area contributed by atoms with Crippen molar-refractivity contribution in [2.24, 2.45) is 27.9 Å². The number of likely N-dealkylation sites (tertiary alicyclic amines) is 1. The van der Waals surface area contributed by atoms with E-state index >= 15 is 0 Å². The molecule has 0 aliphatic carbocycles. The first-order valence-electron chi connectivity index (χ1n) is 12.5. The van der Waals surface area contributed by atoms with E-state index in [1.165, 1.54) is 4.90 Å². The van der Waals surface area contributed by atoms with Gasteiger partial charge in [-0.15, -0.1) is 0 Å². The van der Waals surface area contributed by atoms with Crippen molar-refractivity contribution in [2.45, 2.75) is 69.1 Å². The molecule has 1 aliphatic heterocycles. The number of thiol groups is 1. The molecule has 0 spiro atoms. The molecule has 38 heavy (non-hydrogen) atoms. The van der Waals surface area contributed by atoms with Crippen LogP contribution >= 0.6 is 12.6 Å². The first kappa shape index (κ1) is 32.9. The van der Waals surface area contributed by atoms with Crippen molar-refractivity contribution in [3.8, 4) is 0 Å². The maximum absolute atomic E-state index is 13.4. The van der Waals surface area contributed by atoms with Gasteiger partial charge in [-0.1, -0.05) is 0 Å². The van der Waals surface area contributed by atoms with Gasteiger partial charge in [-0.05, 0) is 51.5 Å². The largest absolute Gasteiger partial charge is 0.480 e. The van der Waals surface area contributed by atoms with Crippen molar-refractivity contribution >= 4 is 48.2 Å². The Bertz CT molecular complexity index is 855. The summed E-state index contributed by atoms with van der Waals surface area (Å²) in [6.45, 7) is 0.607. The molecule has 1 rings (SSSR count). The van der Waals surface area contributed by atoms with Crippen LogP contribution in [0.5, 0.6) is 0 Å². The lowest BCUT2D eigenvalue weighted by molar-refractivity contribution is -0.144. The van der Waals surface area contributed by atoms with Crippen molar-refractivity contribution in [2.75, 3.05) is 31.9 Å². The normalized spacial score (nSPS) is 17.1. The first-order chi connectivity index (χ1) is 18.0. The Kier molecular flexibility index (Phi) is 15.1. The number of nitrogens with zero attached hydrogens (tertiary/aromatic N) is 2. The second-order valence-electron chi connectivity index (χ2n) is 8.95. The third kappa shape index (κ3) is 11.5. The molecule has 4 amide bonds. The number of nitrogens with two attached hydrogens (primary N) is 4. The second-order valence-corrected chi connectivity index (χ2v) is 9.31. The average molecular weight is 560 g/mol. The Morgan fingerprint density at radius 2 is 1.76 bits per heavy atom. The zero-order chi connectivity index (χ0) is 28.7. The van der Waals surface area contributed by atoms with Crippen molar-refractivity contribution in [3.05, 3.63) is 0 Å². The summed E-state index contributed by atoms with van der Waals surface area (Å²) >= 11 is 3.94. The van der Waals surface area contributed by atoms with E-state index in [-0.39, 0.29) is 24.7 Å². The maximum atomic E-state index is 13.4. The summed E-state index contributed by atoms with van der Waals surface area (Å²) in [5.74, 6) is -3.59. The minimum atomic E-state index is -1.23. The average Bonchev–Trinajstić information content (AvgIpc) is 3.37. The van der Waals surface area contributed by atoms with E-state index in [2.05, 4.69) is 33.6 Å². The molecule has 0 bridgehead atoms. The van der Waals surface area contributed by atoms with E-state index in [9.17, 15) is 29.1 Å². The van der Waals surface area contributed by atoms with Gasteiger partial charge in [-0.3, -0.25) is 24.2 Å². The van der Waals surface area contributed by atoms with Gasteiger partial charge in [-0.25, -0.2) is 4.79 Å². The number of carboxylic acid groups (broad SMARTS) is 1. The van der Waals surface area contributed by atoms with E-state index < -0.39 is 60.3 Å². The molecular weight excluding hydrogens is 518 g/mol. The van der Waals surface area contributed by atoms with Gasteiger partial charge in [0.25, 0.3) is 0 Å². The number of carbonyl (C=O) groups excluding carboxylic acids is 4. The van der Waals surface area contributed by atoms with E-state index in [1.807, 2.05) is 0 Å². The Balaban J connectivity index is 2.75. The standard InChI is InChI=1S/C22H41N9O6S/c23-8-2-1-6-14(29-17(32)11-28-18(33)13(24)5-3-9-27-22(25)26)20(35)31-10-4-7-16(31)19(34)30-15(12-38)21(36)37/h13-16,38H,1-12,23-24H2,(H,28,33)(H,29,32)(H,30,34)(H,36,37)(H4,25,26,27)/t13-,14-,15-,16-/m0/s1. The third-order valence-electron chi connectivity index (χ3n) is 5.94. The van der Waals surface area contributed by atoms with Crippen LogP contribution in [-0.2, 0) is 24.0 Å². The zero-order valence-electron chi connectivity index (χ0n) is 21.4. The summed E-state index contributed by atoms with van der Waals surface area (Å²) in [7, 11) is 0. The lowest BCUT2D eigenvalue weighted by Crippen LogP contribution is -2.56. The summed E-state index contributed by atoms with van der Waals surface area (Å²) < 4.78 is 0. The van der Waals surface area contributed by atoms with Crippen LogP contribution in [0.2, 0.25) is 0 Å². The Labute approximate surface area is 227 Å². The first-order valence-corrected chi connectivity index (χ1v) is 13.2. The summed E-state index contributed by atoms with van der Waals surface area (Å²) in [6, 6.07) is -3.87. The predicted molar refractivity (Wildman–Crippen MR) is 144 cm³/mol. The Hall–Kier alpha value is -3.11. The highest BCUT2D eigenvalue weighted by molar-refractivity contribution is 7.80. The van der Waals surface area contributed by atoms with Gasteiger partial charge >= 0.3 is 5.97 Å². The molecule has 0 aromatic heterocycles. The van der Waals surface area contributed by atoms with Crippen molar-refractivity contribution < 1.29 is 29.1 Å². The van der Waals surface area contributed by atoms with E-state index in [1.54, 1.807) is 0 Å². The van der Waals surface area contributed by atoms with Crippen LogP contribution in [-0.4, -0.2) is 102 Å². The molecule has 216 valence electrons. The summed E-state index contributed by atoms with van der Waals surface area (Å²) in [4.78, 5) is 67.3. The van der Waals surface area contributed by atoms with Gasteiger partial charge in [0.2, 0.25) is 23.6 Å². The van der Waals surface area contributed by atoms with E-state index in [4.69, 9.17) is 22.9 Å². The number of carbonyl (C=O) groups is 5. The number of hydrogen-bond acceptors (Lipinski definition) is 9. The number of aliphatic carboxylic acids is 1. The molecule has 0 aromatic rings. The van der Waals surface area contributed by atoms with Crippen molar-refractivity contribution in [1.82, 2.24) is 20.9 Å². The number of carboxylic acids is 1. The fourth-order valence-electron chi connectivity index (χ4n) is 3.90. The molecule has 1 fully saturated rings. The number of guanidine groups is 1. The van der Waals surface area contributed by atoms with E-state index in [0.29, 0.717) is 51.6 Å². The molecule has 15 nitrogen and oxygen atoms in total. The summed E-state index contributed by atoms with van der Waals surface area (Å²) in [6.07, 6.45) is 3.13. The van der Waals surface area contributed by atoms with Crippen LogP contribution in [0.4, 0.5) is 0 Å². The lowest BCUT2D eigenvalue weighted by Gasteiger charge is -2.29. The maximum Gasteiger partial charge on any atom is 0.327 e. The second kappa shape index (κ2) is 17.4. The van der Waals surface area contributed by atoms with Crippen LogP contribution in [0.1, 0.15) is 44.9 Å². The number of hydrogen-bond donors (Lipinski definition) is 9. The quantitative estimate of drug-likeness (QED) is 0.0369. The number of amides is 4. The fraction of sp³-hybridized carbons (Fsp3) is 0.727. The highest BCUT2D eigenvalue weighted by Crippen LogP contribution is 2.20. The SMILES string of the molecule is NCCCC[C@H](NC(=O)CNC(=O)[C@@H](N)CCCN=C(N)N)C(=O)N1CCC[C@H]1C(=O)N[C@@H](CS)C(=O)O. The highest BCUT2D eigenvalue weighted by Gasteiger charge is 2.38. The van der Waals surface area contributed by atoms with Crippen LogP contribution < -0.4 is 38.9 Å². The molecule has 0 radical (unpaired) electrons. The van der Waals surface area contributed by atoms with Gasteiger partial charge in [0.1, 0.15) is 18.1 Å². The molecule has 0 aromatic carbocycles. The smallest absolute Gasteiger partial charge is 0.327 e. The summed E-state index contributed by atoms with van der Waals surface area (Å²) in [5.41, 5.74) is 21.9. The zero-order valence-corrected chi connectivity index (χ0v) is 22.3. The minimum absolute atomic E-state index is 0.0572. The van der Waals surface area contributed by atoms with Crippen LogP contribution in [0.25, 0.3) is 0 Å². The lowest BCUT2D eigenvalue weighted by atomic mass is 10.1. The molecule has 1 saturated heterocycles. The topological polar surface area (TPSA) is 261 Å². The van der Waals surface area contributed by atoms with Gasteiger partial charge in [0.15, 0.2) is 5.96 Å². The van der Waals surface area contributed by atoms with Gasteiger partial charge in [-0.2, -0.15) is 12.6 Å². The summed E-state index contributed by atoms with van der Waals surface area (Å²) in [5, 5.41) is 16.7. The molecule has 16 heteroatoms. The highest BCUT2D eigenvalue weighted by atomic mass is 32.1. The molecule has 4 atom stereocenters. The number of nitrogens with one attached hydrogen (secondary N) is 3. The van der Waals surface area contributed by atoms with Crippen molar-refractivity contribution in [1.29, 1.82) is 0 Å². The monoisotopic (exact) mass is 559 g/mol. The molecule has 1 aliphatic rings. The minimum Gasteiger partial charge on any atom is -0.480 e. The van der Waals surface area contributed by atoms with Crippen LogP contribution in [0.15, 0.2) is 4.99 Å². The molecule has 12 N–H and O–H groups in total. The molecule has 0 unspecified atom stereocenters. The predicted octanol–water partition coefficient (Wildman–Crippen LogP) is -3.41. The number of rotatable bonds is 17. The molecule has 0 saturated carbocycles. The van der Waals surface area contributed by atoms with Crippen LogP contribution in [0, 0.1) is 0 Å². The third-order valence-corrected chi connectivity index (χ3v) is 6.31. The number of unbranched alkanes of at least 4 members (excludes halogenated alkanes) is 1. The molecule has 1 heterocycles. The van der Waals surface area contributed by atoms with Crippen LogP contribution in [0.3, 0.4) is 0 Å². The van der Waals surface area contributed by atoms with Gasteiger partial charge < -0.3 is 48.9 Å². The van der Waals surface area contributed by atoms with E-state index in [0.717, 1.165) is 0 Å². The van der Waals surface area contributed by atoms with Crippen molar-refractivity contribution in [3.63, 3.8) is 0 Å². The Morgan fingerprint density at radius 1 is 1.05 bits per heavy atom. The number of aliphatic imine (C=N–C) groups is 1. The molecular formula is C22H41N9O6S. The van der Waals surface area contributed by atoms with Gasteiger partial charge in [0, 0.05) is 18.8 Å².